The number of allylic oxidation sites excluding steroid dienone is 2. The van der Waals surface area contributed by atoms with E-state index in [-0.39, 0.29) is 11.2 Å². The van der Waals surface area contributed by atoms with Crippen LogP contribution in [-0.2, 0) is 18.3 Å². The highest BCUT2D eigenvalue weighted by atomic mass is 35.5. The molecule has 1 aromatic heterocycles. The normalized spacial score (nSPS) is 18.9. The van der Waals surface area contributed by atoms with Crippen LogP contribution in [0.5, 0.6) is 0 Å². The lowest BCUT2D eigenvalue weighted by Gasteiger charge is -2.28. The number of hydrogen-bond acceptors (Lipinski definition) is 2. The first kappa shape index (κ1) is 13.3. The second kappa shape index (κ2) is 4.54. The van der Waals surface area contributed by atoms with E-state index in [2.05, 4.69) is 18.9 Å². The zero-order valence-corrected chi connectivity index (χ0v) is 12.1. The molecule has 0 bridgehead atoms. The molecule has 1 aliphatic rings. The summed E-state index contributed by atoms with van der Waals surface area (Å²) in [6.07, 6.45) is 4.07. The van der Waals surface area contributed by atoms with Crippen molar-refractivity contribution >= 4 is 17.4 Å². The van der Waals surface area contributed by atoms with Crippen LogP contribution < -0.4 is 0 Å². The van der Waals surface area contributed by atoms with Gasteiger partial charge in [-0.1, -0.05) is 31.0 Å². The van der Waals surface area contributed by atoms with Crippen molar-refractivity contribution in [3.63, 3.8) is 0 Å². The van der Waals surface area contributed by atoms with Gasteiger partial charge in [0.1, 0.15) is 0 Å². The molecule has 0 saturated heterocycles. The number of hydrogen-bond donors (Lipinski definition) is 0. The smallest absolute Gasteiger partial charge is 0.156 e. The molecule has 0 aliphatic heterocycles. The second-order valence-electron chi connectivity index (χ2n) is 5.93. The summed E-state index contributed by atoms with van der Waals surface area (Å²) < 4.78 is 1.81. The Morgan fingerprint density at radius 3 is 2.61 bits per heavy atom. The minimum Gasteiger partial charge on any atom is -0.295 e. The zero-order chi connectivity index (χ0) is 13.5. The average molecular weight is 267 g/mol. The quantitative estimate of drug-likeness (QED) is 0.824. The highest BCUT2D eigenvalue weighted by molar-refractivity contribution is 6.31. The minimum atomic E-state index is 0.0568. The molecule has 0 amide bonds. The Labute approximate surface area is 113 Å². The van der Waals surface area contributed by atoms with Crippen molar-refractivity contribution in [2.75, 3.05) is 0 Å². The topological polar surface area (TPSA) is 34.9 Å². The Morgan fingerprint density at radius 2 is 2.11 bits per heavy atom. The molecular weight excluding hydrogens is 248 g/mol. The van der Waals surface area contributed by atoms with E-state index in [4.69, 9.17) is 11.6 Å². The van der Waals surface area contributed by atoms with Crippen LogP contribution in [-0.4, -0.2) is 15.6 Å². The lowest BCUT2D eigenvalue weighted by atomic mass is 9.76. The number of ketones is 1. The molecule has 0 atom stereocenters. The fraction of sp³-hybridized carbons (Fsp3) is 0.571. The maximum Gasteiger partial charge on any atom is 0.156 e. The van der Waals surface area contributed by atoms with E-state index >= 15 is 0 Å². The van der Waals surface area contributed by atoms with Gasteiger partial charge in [0.05, 0.1) is 16.4 Å². The maximum atomic E-state index is 11.7. The molecule has 1 heterocycles. The minimum absolute atomic E-state index is 0.0568. The number of aryl methyl sites for hydroxylation is 2. The molecule has 1 aromatic rings. The molecule has 4 heteroatoms. The Hall–Kier alpha value is -1.09. The van der Waals surface area contributed by atoms with E-state index in [1.54, 1.807) is 6.08 Å². The summed E-state index contributed by atoms with van der Waals surface area (Å²) in [4.78, 5) is 11.7. The predicted molar refractivity (Wildman–Crippen MR) is 72.8 cm³/mol. The van der Waals surface area contributed by atoms with Crippen molar-refractivity contribution in [3.8, 4) is 0 Å². The van der Waals surface area contributed by atoms with Crippen LogP contribution in [0.15, 0.2) is 11.6 Å². The molecule has 0 aromatic carbocycles. The molecule has 0 spiro atoms. The zero-order valence-electron chi connectivity index (χ0n) is 11.4. The Balaban J connectivity index is 2.26. The molecular formula is C14H19ClN2O. The van der Waals surface area contributed by atoms with Gasteiger partial charge in [-0.15, -0.1) is 0 Å². The first-order chi connectivity index (χ1) is 8.28. The Bertz CT molecular complexity index is 526. The lowest BCUT2D eigenvalue weighted by Crippen LogP contribution is -2.22. The largest absolute Gasteiger partial charge is 0.295 e. The average Bonchev–Trinajstić information content (AvgIpc) is 2.42. The molecule has 98 valence electrons. The van der Waals surface area contributed by atoms with Crippen LogP contribution >= 0.6 is 11.6 Å². The predicted octanol–water partition coefficient (Wildman–Crippen LogP) is 3.24. The van der Waals surface area contributed by atoms with Gasteiger partial charge in [-0.2, -0.15) is 5.10 Å². The van der Waals surface area contributed by atoms with E-state index in [1.807, 2.05) is 18.7 Å². The summed E-state index contributed by atoms with van der Waals surface area (Å²) in [6.45, 7) is 6.16. The SMILES string of the molecule is Cc1nn(C)c(CC2=CC(=O)CC(C)(C)C2)c1Cl. The van der Waals surface area contributed by atoms with Crippen molar-refractivity contribution in [2.24, 2.45) is 12.5 Å². The fourth-order valence-electron chi connectivity index (χ4n) is 2.68. The van der Waals surface area contributed by atoms with Gasteiger partial charge in [0, 0.05) is 19.9 Å². The molecule has 0 saturated carbocycles. The van der Waals surface area contributed by atoms with Gasteiger partial charge in [0.15, 0.2) is 5.78 Å². The third kappa shape index (κ3) is 2.66. The van der Waals surface area contributed by atoms with Crippen molar-refractivity contribution in [1.29, 1.82) is 0 Å². The molecule has 1 aliphatic carbocycles. The maximum absolute atomic E-state index is 11.7. The van der Waals surface area contributed by atoms with Crippen molar-refractivity contribution in [3.05, 3.63) is 28.1 Å². The van der Waals surface area contributed by atoms with Crippen LogP contribution in [0.4, 0.5) is 0 Å². The first-order valence-corrected chi connectivity index (χ1v) is 6.56. The van der Waals surface area contributed by atoms with E-state index < -0.39 is 0 Å². The second-order valence-corrected chi connectivity index (χ2v) is 6.31. The van der Waals surface area contributed by atoms with Gasteiger partial charge in [-0.3, -0.25) is 9.48 Å². The van der Waals surface area contributed by atoms with Gasteiger partial charge in [-0.05, 0) is 24.8 Å². The lowest BCUT2D eigenvalue weighted by molar-refractivity contribution is -0.117. The van der Waals surface area contributed by atoms with E-state index in [0.29, 0.717) is 17.9 Å². The monoisotopic (exact) mass is 266 g/mol. The van der Waals surface area contributed by atoms with Gasteiger partial charge in [0.2, 0.25) is 0 Å². The molecule has 0 N–H and O–H groups in total. The summed E-state index contributed by atoms with van der Waals surface area (Å²) in [5.74, 6) is 0.219. The number of aromatic nitrogens is 2. The summed E-state index contributed by atoms with van der Waals surface area (Å²) in [5, 5.41) is 5.02. The number of halogens is 1. The van der Waals surface area contributed by atoms with Crippen molar-refractivity contribution < 1.29 is 4.79 Å². The van der Waals surface area contributed by atoms with Crippen molar-refractivity contribution in [1.82, 2.24) is 9.78 Å². The van der Waals surface area contributed by atoms with Crippen LogP contribution in [0.1, 0.15) is 38.1 Å². The third-order valence-electron chi connectivity index (χ3n) is 3.38. The summed E-state index contributed by atoms with van der Waals surface area (Å²) >= 11 is 6.25. The number of rotatable bonds is 2. The Kier molecular flexibility index (Phi) is 3.37. The number of carbonyl (C=O) groups is 1. The first-order valence-electron chi connectivity index (χ1n) is 6.19. The standard InChI is InChI=1S/C14H19ClN2O/c1-9-13(15)12(17(4)16-9)6-10-5-11(18)8-14(2,3)7-10/h5H,6-8H2,1-4H3. The molecule has 0 fully saturated rings. The highest BCUT2D eigenvalue weighted by Crippen LogP contribution is 2.35. The van der Waals surface area contributed by atoms with E-state index in [0.717, 1.165) is 23.4 Å². The molecule has 0 unspecified atom stereocenters. The molecule has 2 rings (SSSR count). The van der Waals surface area contributed by atoms with Crippen LogP contribution in [0.2, 0.25) is 5.02 Å². The van der Waals surface area contributed by atoms with E-state index in [1.165, 1.54) is 0 Å². The summed E-state index contributed by atoms with van der Waals surface area (Å²) in [7, 11) is 1.89. The van der Waals surface area contributed by atoms with Crippen LogP contribution in [0.25, 0.3) is 0 Å². The third-order valence-corrected chi connectivity index (χ3v) is 3.87. The summed E-state index contributed by atoms with van der Waals surface area (Å²) in [5.41, 5.74) is 3.05. The molecule has 0 radical (unpaired) electrons. The van der Waals surface area contributed by atoms with Gasteiger partial charge >= 0.3 is 0 Å². The Morgan fingerprint density at radius 1 is 1.44 bits per heavy atom. The number of nitrogens with zero attached hydrogens (tertiary/aromatic N) is 2. The van der Waals surface area contributed by atoms with Gasteiger partial charge in [0.25, 0.3) is 0 Å². The van der Waals surface area contributed by atoms with E-state index in [9.17, 15) is 4.79 Å². The number of carbonyl (C=O) groups excluding carboxylic acids is 1. The highest BCUT2D eigenvalue weighted by Gasteiger charge is 2.28. The van der Waals surface area contributed by atoms with Crippen molar-refractivity contribution in [2.45, 2.75) is 40.0 Å². The van der Waals surface area contributed by atoms with Gasteiger partial charge in [-0.25, -0.2) is 0 Å². The van der Waals surface area contributed by atoms with Gasteiger partial charge < -0.3 is 0 Å². The molecule has 18 heavy (non-hydrogen) atoms. The van der Waals surface area contributed by atoms with Crippen LogP contribution in [0.3, 0.4) is 0 Å². The summed E-state index contributed by atoms with van der Waals surface area (Å²) in [6, 6.07) is 0. The van der Waals surface area contributed by atoms with Crippen LogP contribution in [0, 0.1) is 12.3 Å². The fourth-order valence-corrected chi connectivity index (χ4v) is 2.91. The molecule has 3 nitrogen and oxygen atoms in total.